The summed E-state index contributed by atoms with van der Waals surface area (Å²) in [5.74, 6) is 0.0208. The van der Waals surface area contributed by atoms with Crippen molar-refractivity contribution >= 4 is 17.4 Å². The number of anilines is 1. The zero-order valence-corrected chi connectivity index (χ0v) is 14.4. The first kappa shape index (κ1) is 17.2. The molecule has 1 heterocycles. The second-order valence-corrected chi connectivity index (χ2v) is 6.33. The van der Waals surface area contributed by atoms with Crippen LogP contribution in [0.1, 0.15) is 24.5 Å². The molecule has 0 bridgehead atoms. The molecule has 0 unspecified atom stereocenters. The van der Waals surface area contributed by atoms with Crippen LogP contribution in [0.3, 0.4) is 0 Å². The number of carbonyl (C=O) groups is 2. The minimum atomic E-state index is -1.79. The van der Waals surface area contributed by atoms with Crippen LogP contribution in [0.25, 0.3) is 0 Å². The van der Waals surface area contributed by atoms with E-state index >= 15 is 0 Å². The van der Waals surface area contributed by atoms with Gasteiger partial charge in [-0.2, -0.15) is 0 Å². The molecule has 0 fully saturated rings. The van der Waals surface area contributed by atoms with Crippen molar-refractivity contribution in [3.05, 3.63) is 59.7 Å². The number of ketones is 1. The molecule has 3 rings (SSSR count). The molecule has 0 aliphatic carbocycles. The Morgan fingerprint density at radius 2 is 1.88 bits per heavy atom. The summed E-state index contributed by atoms with van der Waals surface area (Å²) >= 11 is 0. The van der Waals surface area contributed by atoms with Crippen molar-refractivity contribution in [1.29, 1.82) is 0 Å². The number of aryl methyl sites for hydroxylation is 1. The minimum Gasteiger partial charge on any atom is -0.492 e. The first-order valence-corrected chi connectivity index (χ1v) is 8.25. The van der Waals surface area contributed by atoms with Gasteiger partial charge >= 0.3 is 0 Å². The van der Waals surface area contributed by atoms with Crippen LogP contribution in [0.15, 0.2) is 48.5 Å². The van der Waals surface area contributed by atoms with Crippen LogP contribution in [0, 0.1) is 6.92 Å². The van der Waals surface area contributed by atoms with E-state index in [1.54, 1.807) is 12.1 Å². The summed E-state index contributed by atoms with van der Waals surface area (Å²) in [5, 5.41) is 10.9. The van der Waals surface area contributed by atoms with Crippen molar-refractivity contribution in [3.63, 3.8) is 0 Å². The predicted molar refractivity (Wildman–Crippen MR) is 94.7 cm³/mol. The van der Waals surface area contributed by atoms with E-state index in [0.29, 0.717) is 24.4 Å². The van der Waals surface area contributed by atoms with Crippen molar-refractivity contribution in [3.8, 4) is 5.75 Å². The lowest BCUT2D eigenvalue weighted by Crippen LogP contribution is -2.43. The van der Waals surface area contributed by atoms with E-state index in [-0.39, 0.29) is 12.2 Å². The maximum absolute atomic E-state index is 12.9. The summed E-state index contributed by atoms with van der Waals surface area (Å²) < 4.78 is 5.68. The van der Waals surface area contributed by atoms with E-state index in [1.165, 1.54) is 11.8 Å². The molecule has 2 aromatic carbocycles. The molecular formula is C20H21NO4. The summed E-state index contributed by atoms with van der Waals surface area (Å²) in [7, 11) is 0. The normalized spacial score (nSPS) is 19.0. The van der Waals surface area contributed by atoms with Gasteiger partial charge in [-0.15, -0.1) is 0 Å². The second kappa shape index (κ2) is 6.69. The van der Waals surface area contributed by atoms with Gasteiger partial charge in [0.1, 0.15) is 18.1 Å². The predicted octanol–water partition coefficient (Wildman–Crippen LogP) is 2.59. The first-order chi connectivity index (χ1) is 11.9. The Labute approximate surface area is 146 Å². The average molecular weight is 339 g/mol. The van der Waals surface area contributed by atoms with Crippen LogP contribution in [-0.4, -0.2) is 29.9 Å². The molecule has 1 atom stereocenters. The number of ether oxygens (including phenoxy) is 1. The molecule has 130 valence electrons. The van der Waals surface area contributed by atoms with Gasteiger partial charge in [-0.05, 0) is 31.5 Å². The molecule has 0 radical (unpaired) electrons. The Hall–Kier alpha value is -2.66. The van der Waals surface area contributed by atoms with E-state index in [4.69, 9.17) is 4.74 Å². The summed E-state index contributed by atoms with van der Waals surface area (Å²) in [6.07, 6.45) is -0.224. The second-order valence-electron chi connectivity index (χ2n) is 6.33. The van der Waals surface area contributed by atoms with E-state index < -0.39 is 11.5 Å². The lowest BCUT2D eigenvalue weighted by atomic mass is 9.89. The molecule has 0 saturated carbocycles. The molecular weight excluding hydrogens is 318 g/mol. The maximum atomic E-state index is 12.9. The van der Waals surface area contributed by atoms with Crippen LogP contribution in [0.2, 0.25) is 0 Å². The van der Waals surface area contributed by atoms with Crippen LogP contribution in [-0.2, 0) is 15.2 Å². The van der Waals surface area contributed by atoms with E-state index in [2.05, 4.69) is 0 Å². The molecule has 25 heavy (non-hydrogen) atoms. The average Bonchev–Trinajstić information content (AvgIpc) is 2.78. The van der Waals surface area contributed by atoms with Gasteiger partial charge in [-0.3, -0.25) is 9.59 Å². The van der Waals surface area contributed by atoms with E-state index in [9.17, 15) is 14.7 Å². The minimum absolute atomic E-state index is 0.224. The Morgan fingerprint density at radius 1 is 1.16 bits per heavy atom. The molecule has 0 aromatic heterocycles. The van der Waals surface area contributed by atoms with Gasteiger partial charge in [-0.1, -0.05) is 36.4 Å². The fourth-order valence-electron chi connectivity index (χ4n) is 3.31. The highest BCUT2D eigenvalue weighted by Crippen LogP contribution is 2.44. The molecule has 1 amide bonds. The third kappa shape index (κ3) is 3.15. The summed E-state index contributed by atoms with van der Waals surface area (Å²) in [4.78, 5) is 26.0. The number of rotatable bonds is 6. The number of aliphatic hydroxyl groups is 1. The molecule has 1 aliphatic rings. The number of carbonyl (C=O) groups excluding carboxylic acids is 2. The highest BCUT2D eigenvalue weighted by atomic mass is 16.5. The zero-order valence-electron chi connectivity index (χ0n) is 14.4. The monoisotopic (exact) mass is 339 g/mol. The Bertz CT molecular complexity index is 803. The number of hydrogen-bond acceptors (Lipinski definition) is 4. The summed E-state index contributed by atoms with van der Waals surface area (Å²) in [5.41, 5.74) is 0.255. The molecule has 5 nitrogen and oxygen atoms in total. The standard InChI is InChI=1S/C20H21NO4/c1-14-7-6-10-17-18(14)21(19(23)20(17,24)13-15(2)22)11-12-25-16-8-4-3-5-9-16/h3-10,24H,11-13H2,1-2H3/t20-/m1/s1. The topological polar surface area (TPSA) is 66.8 Å². The van der Waals surface area contributed by atoms with Crippen molar-refractivity contribution < 1.29 is 19.4 Å². The third-order valence-corrected chi connectivity index (χ3v) is 4.38. The summed E-state index contributed by atoms with van der Waals surface area (Å²) in [6.45, 7) is 3.85. The van der Waals surface area contributed by atoms with Gasteiger partial charge in [0.15, 0.2) is 5.60 Å². The van der Waals surface area contributed by atoms with Gasteiger partial charge in [0, 0.05) is 12.0 Å². The number of para-hydroxylation sites is 2. The number of benzene rings is 2. The molecule has 2 aromatic rings. The lowest BCUT2D eigenvalue weighted by Gasteiger charge is -2.22. The maximum Gasteiger partial charge on any atom is 0.264 e. The van der Waals surface area contributed by atoms with Crippen LogP contribution < -0.4 is 9.64 Å². The fraction of sp³-hybridized carbons (Fsp3) is 0.300. The molecule has 5 heteroatoms. The number of hydrogen-bond donors (Lipinski definition) is 1. The number of amides is 1. The van der Waals surface area contributed by atoms with Crippen LogP contribution in [0.4, 0.5) is 5.69 Å². The number of nitrogens with zero attached hydrogens (tertiary/aromatic N) is 1. The fourth-order valence-corrected chi connectivity index (χ4v) is 3.31. The Kier molecular flexibility index (Phi) is 4.59. The van der Waals surface area contributed by atoms with Gasteiger partial charge in [0.05, 0.1) is 12.2 Å². The smallest absolute Gasteiger partial charge is 0.264 e. The SMILES string of the molecule is CC(=O)C[C@]1(O)C(=O)N(CCOc2ccccc2)c2c(C)cccc21. The Balaban J connectivity index is 1.85. The van der Waals surface area contributed by atoms with E-state index in [1.807, 2.05) is 43.3 Å². The summed E-state index contributed by atoms with van der Waals surface area (Å²) in [6, 6.07) is 14.7. The Morgan fingerprint density at radius 3 is 2.56 bits per heavy atom. The number of Topliss-reactive ketones (excluding diaryl/α,β-unsaturated/α-hetero) is 1. The molecule has 0 spiro atoms. The largest absolute Gasteiger partial charge is 0.492 e. The van der Waals surface area contributed by atoms with Crippen LogP contribution in [0.5, 0.6) is 5.75 Å². The molecule has 1 N–H and O–H groups in total. The molecule has 1 aliphatic heterocycles. The van der Waals surface area contributed by atoms with E-state index in [0.717, 1.165) is 11.3 Å². The lowest BCUT2D eigenvalue weighted by molar-refractivity contribution is -0.141. The quantitative estimate of drug-likeness (QED) is 0.878. The zero-order chi connectivity index (χ0) is 18.0. The van der Waals surface area contributed by atoms with Crippen molar-refractivity contribution in [2.75, 3.05) is 18.1 Å². The van der Waals surface area contributed by atoms with Crippen molar-refractivity contribution in [1.82, 2.24) is 0 Å². The van der Waals surface area contributed by atoms with Crippen molar-refractivity contribution in [2.24, 2.45) is 0 Å². The highest BCUT2D eigenvalue weighted by molar-refractivity contribution is 6.09. The third-order valence-electron chi connectivity index (χ3n) is 4.38. The van der Waals surface area contributed by atoms with Gasteiger partial charge < -0.3 is 14.7 Å². The van der Waals surface area contributed by atoms with Gasteiger partial charge in [0.2, 0.25) is 0 Å². The van der Waals surface area contributed by atoms with Gasteiger partial charge in [-0.25, -0.2) is 0 Å². The van der Waals surface area contributed by atoms with Gasteiger partial charge in [0.25, 0.3) is 5.91 Å². The van der Waals surface area contributed by atoms with Crippen LogP contribution >= 0.6 is 0 Å². The first-order valence-electron chi connectivity index (χ1n) is 8.25. The molecule has 0 saturated heterocycles. The highest BCUT2D eigenvalue weighted by Gasteiger charge is 2.50. The van der Waals surface area contributed by atoms with Crippen molar-refractivity contribution in [2.45, 2.75) is 25.9 Å². The number of fused-ring (bicyclic) bond motifs is 1.